The highest BCUT2D eigenvalue weighted by Crippen LogP contribution is 2.41. The molecule has 4 N–H and O–H groups in total. The predicted molar refractivity (Wildman–Crippen MR) is 98.2 cm³/mol. The maximum atomic E-state index is 11.8. The van der Waals surface area contributed by atoms with Crippen molar-refractivity contribution in [1.82, 2.24) is 15.4 Å². The lowest BCUT2D eigenvalue weighted by molar-refractivity contribution is -0.178. The number of hydrogen-bond acceptors (Lipinski definition) is 6. The molecular formula is C16H18BrN3O4S. The van der Waals surface area contributed by atoms with Crippen molar-refractivity contribution >= 4 is 44.5 Å². The molecule has 25 heavy (non-hydrogen) atoms. The first-order chi connectivity index (χ1) is 12.1. The van der Waals surface area contributed by atoms with Gasteiger partial charge in [0, 0.05) is 28.9 Å². The number of phenolic OH excluding ortho intramolecular Hbond substituents is 1. The van der Waals surface area contributed by atoms with Gasteiger partial charge in [0.25, 0.3) is 0 Å². The lowest BCUT2D eigenvalue weighted by Crippen LogP contribution is -2.49. The molecule has 1 saturated heterocycles. The molecule has 3 heterocycles. The zero-order valence-electron chi connectivity index (χ0n) is 13.3. The molecule has 2 atom stereocenters. The second-order valence-electron chi connectivity index (χ2n) is 6.15. The number of halogens is 1. The van der Waals surface area contributed by atoms with E-state index in [1.54, 1.807) is 17.8 Å². The van der Waals surface area contributed by atoms with E-state index in [1.165, 1.54) is 0 Å². The molecule has 9 heteroatoms. The van der Waals surface area contributed by atoms with E-state index in [2.05, 4.69) is 26.2 Å². The van der Waals surface area contributed by atoms with Crippen molar-refractivity contribution in [3.05, 3.63) is 27.9 Å². The van der Waals surface area contributed by atoms with Gasteiger partial charge in [-0.1, -0.05) is 0 Å². The van der Waals surface area contributed by atoms with Crippen LogP contribution in [-0.2, 0) is 16.1 Å². The van der Waals surface area contributed by atoms with E-state index >= 15 is 0 Å². The Morgan fingerprint density at radius 2 is 2.36 bits per heavy atom. The van der Waals surface area contributed by atoms with Crippen molar-refractivity contribution in [2.24, 2.45) is 0 Å². The standard InChI is InChI=1S/C16H18BrN3O4S/c17-10-4-11-9(3-13(10)22)8-1-2-20-16(15(8)19-11)12(6-25-7-24-20)18-14(23)5-21/h3-4,12,16,19,21-22H,1-2,5-7H2,(H,18,23)/t12-,16+/m1/s1. The summed E-state index contributed by atoms with van der Waals surface area (Å²) in [4.78, 5) is 21.1. The Bertz CT molecular complexity index is 827. The summed E-state index contributed by atoms with van der Waals surface area (Å²) in [6.45, 7) is 0.169. The molecule has 0 bridgehead atoms. The Balaban J connectivity index is 1.81. The number of hydrogen-bond donors (Lipinski definition) is 4. The number of aliphatic hydroxyl groups is 1. The summed E-state index contributed by atoms with van der Waals surface area (Å²) in [5.41, 5.74) is 3.06. The van der Waals surface area contributed by atoms with Gasteiger partial charge in [0.15, 0.2) is 0 Å². The summed E-state index contributed by atoms with van der Waals surface area (Å²) < 4.78 is 0.633. The first kappa shape index (κ1) is 17.2. The van der Waals surface area contributed by atoms with Crippen LogP contribution in [0.1, 0.15) is 17.3 Å². The van der Waals surface area contributed by atoms with Gasteiger partial charge >= 0.3 is 0 Å². The number of rotatable bonds is 2. The molecule has 2 aromatic rings. The number of phenols is 1. The van der Waals surface area contributed by atoms with E-state index in [-0.39, 0.29) is 17.8 Å². The minimum Gasteiger partial charge on any atom is -0.507 e. The van der Waals surface area contributed by atoms with Gasteiger partial charge < -0.3 is 20.5 Å². The van der Waals surface area contributed by atoms with E-state index in [4.69, 9.17) is 9.94 Å². The summed E-state index contributed by atoms with van der Waals surface area (Å²) >= 11 is 4.96. The van der Waals surface area contributed by atoms with Crippen molar-refractivity contribution < 1.29 is 19.8 Å². The number of thioether (sulfide) groups is 1. The van der Waals surface area contributed by atoms with Crippen LogP contribution in [0, 0.1) is 0 Å². The fraction of sp³-hybridized carbons (Fsp3) is 0.438. The average Bonchev–Trinajstić information content (AvgIpc) is 2.81. The molecule has 4 rings (SSSR count). The van der Waals surface area contributed by atoms with Gasteiger partial charge in [-0.15, -0.1) is 11.8 Å². The number of aromatic hydroxyl groups is 1. The smallest absolute Gasteiger partial charge is 0.246 e. The van der Waals surface area contributed by atoms with Crippen molar-refractivity contribution in [2.45, 2.75) is 18.5 Å². The minimum atomic E-state index is -0.533. The van der Waals surface area contributed by atoms with E-state index < -0.39 is 12.5 Å². The number of aromatic nitrogens is 1. The Hall–Kier alpha value is -1.26. The van der Waals surface area contributed by atoms with Crippen LogP contribution in [0.15, 0.2) is 16.6 Å². The van der Waals surface area contributed by atoms with Crippen LogP contribution in [0.2, 0.25) is 0 Å². The highest BCUT2D eigenvalue weighted by atomic mass is 79.9. The third-order valence-electron chi connectivity index (χ3n) is 4.67. The molecule has 134 valence electrons. The SMILES string of the molecule is O=C(CO)N[C@@H]1CSCON2CCc3c([nH]c4cc(Br)c(O)cc34)[C@H]12. The van der Waals surface area contributed by atoms with Crippen molar-refractivity contribution in [1.29, 1.82) is 0 Å². The summed E-state index contributed by atoms with van der Waals surface area (Å²) in [5, 5.41) is 24.9. The van der Waals surface area contributed by atoms with Crippen LogP contribution >= 0.6 is 27.7 Å². The Labute approximate surface area is 156 Å². The van der Waals surface area contributed by atoms with E-state index in [9.17, 15) is 9.90 Å². The molecule has 2 aliphatic rings. The van der Waals surface area contributed by atoms with E-state index in [0.29, 0.717) is 22.7 Å². The van der Waals surface area contributed by atoms with Crippen molar-refractivity contribution in [3.8, 4) is 5.75 Å². The maximum Gasteiger partial charge on any atom is 0.246 e. The predicted octanol–water partition coefficient (Wildman–Crippen LogP) is 1.65. The van der Waals surface area contributed by atoms with E-state index in [1.807, 2.05) is 11.1 Å². The van der Waals surface area contributed by atoms with Gasteiger partial charge in [-0.05, 0) is 40.0 Å². The fourth-order valence-corrected chi connectivity index (χ4v) is 4.77. The molecule has 1 fully saturated rings. The molecule has 0 aliphatic carbocycles. The lowest BCUT2D eigenvalue weighted by Gasteiger charge is -2.37. The van der Waals surface area contributed by atoms with Gasteiger partial charge in [0.2, 0.25) is 5.91 Å². The molecule has 0 spiro atoms. The summed E-state index contributed by atoms with van der Waals surface area (Å²) in [6, 6.07) is 3.28. The third-order valence-corrected chi connectivity index (χ3v) is 6.17. The van der Waals surface area contributed by atoms with Crippen LogP contribution in [0.5, 0.6) is 5.75 Å². The van der Waals surface area contributed by atoms with Gasteiger partial charge in [0.05, 0.1) is 16.6 Å². The van der Waals surface area contributed by atoms with E-state index in [0.717, 1.165) is 28.6 Å². The third kappa shape index (κ3) is 3.04. The number of nitrogens with zero attached hydrogens (tertiary/aromatic N) is 1. The molecule has 7 nitrogen and oxygen atoms in total. The number of aliphatic hydroxyl groups excluding tert-OH is 1. The van der Waals surface area contributed by atoms with Crippen molar-refractivity contribution in [2.75, 3.05) is 24.8 Å². The Kier molecular flexibility index (Phi) is 4.67. The van der Waals surface area contributed by atoms with Crippen LogP contribution in [-0.4, -0.2) is 57.1 Å². The zero-order valence-corrected chi connectivity index (χ0v) is 15.7. The number of H-pyrrole nitrogens is 1. The molecule has 2 aliphatic heterocycles. The molecule has 1 aromatic heterocycles. The number of amides is 1. The second-order valence-corrected chi connectivity index (χ2v) is 7.98. The van der Waals surface area contributed by atoms with Gasteiger partial charge in [-0.25, -0.2) is 0 Å². The lowest BCUT2D eigenvalue weighted by atomic mass is 9.94. The molecule has 0 saturated carbocycles. The number of benzene rings is 1. The molecule has 1 aromatic carbocycles. The van der Waals surface area contributed by atoms with Gasteiger partial charge in [-0.2, -0.15) is 5.06 Å². The number of aromatic amines is 1. The number of fused-ring (bicyclic) bond motifs is 5. The van der Waals surface area contributed by atoms with Crippen molar-refractivity contribution in [3.63, 3.8) is 0 Å². The molecule has 0 radical (unpaired) electrons. The second kappa shape index (κ2) is 6.81. The summed E-state index contributed by atoms with van der Waals surface area (Å²) in [5.74, 6) is 1.03. The molecule has 0 unspecified atom stereocenters. The number of carbonyl (C=O) groups excluding carboxylic acids is 1. The molecular weight excluding hydrogens is 410 g/mol. The van der Waals surface area contributed by atoms with Crippen LogP contribution in [0.3, 0.4) is 0 Å². The maximum absolute atomic E-state index is 11.8. The fourth-order valence-electron chi connectivity index (χ4n) is 3.60. The first-order valence-electron chi connectivity index (χ1n) is 7.99. The van der Waals surface area contributed by atoms with Crippen LogP contribution < -0.4 is 5.32 Å². The first-order valence-corrected chi connectivity index (χ1v) is 9.93. The number of carbonyl (C=O) groups is 1. The van der Waals surface area contributed by atoms with Crippen LogP contribution in [0.4, 0.5) is 0 Å². The number of hydroxylamine groups is 2. The minimum absolute atomic E-state index is 0.164. The summed E-state index contributed by atoms with van der Waals surface area (Å²) in [7, 11) is 0. The van der Waals surface area contributed by atoms with Gasteiger partial charge in [0.1, 0.15) is 18.3 Å². The zero-order chi connectivity index (χ0) is 17.6. The normalized spacial score (nSPS) is 23.8. The largest absolute Gasteiger partial charge is 0.507 e. The number of nitrogens with one attached hydrogen (secondary N) is 2. The van der Waals surface area contributed by atoms with Crippen LogP contribution in [0.25, 0.3) is 10.9 Å². The van der Waals surface area contributed by atoms with Gasteiger partial charge in [-0.3, -0.25) is 9.63 Å². The topological polar surface area (TPSA) is 97.8 Å². The Morgan fingerprint density at radius 3 is 3.16 bits per heavy atom. The average molecular weight is 428 g/mol. The molecule has 1 amide bonds. The quantitative estimate of drug-likeness (QED) is 0.581. The summed E-state index contributed by atoms with van der Waals surface area (Å²) in [6.07, 6.45) is 0.790. The Morgan fingerprint density at radius 1 is 1.52 bits per heavy atom. The monoisotopic (exact) mass is 427 g/mol. The highest BCUT2D eigenvalue weighted by molar-refractivity contribution is 9.10. The highest BCUT2D eigenvalue weighted by Gasteiger charge is 2.39.